The number of rotatable bonds is 3. The van der Waals surface area contributed by atoms with Gasteiger partial charge in [-0.25, -0.2) is 4.98 Å². The summed E-state index contributed by atoms with van der Waals surface area (Å²) >= 11 is 1.76. The SMILES string of the molecule is CC(C)C(N)c1cncn1-c1ccc2sccc2c1. The second-order valence-electron chi connectivity index (χ2n) is 5.10. The van der Waals surface area contributed by atoms with Crippen molar-refractivity contribution in [3.8, 4) is 5.69 Å². The molecule has 0 fully saturated rings. The van der Waals surface area contributed by atoms with E-state index in [9.17, 15) is 0 Å². The molecule has 0 saturated carbocycles. The molecule has 19 heavy (non-hydrogen) atoms. The molecular weight excluding hydrogens is 254 g/mol. The van der Waals surface area contributed by atoms with Crippen LogP contribution >= 0.6 is 11.3 Å². The Balaban J connectivity index is 2.08. The normalized spacial score (nSPS) is 13.3. The van der Waals surface area contributed by atoms with Crippen molar-refractivity contribution in [2.45, 2.75) is 19.9 Å². The first-order chi connectivity index (χ1) is 9.16. The van der Waals surface area contributed by atoms with E-state index in [1.54, 1.807) is 11.3 Å². The number of fused-ring (bicyclic) bond motifs is 1. The molecule has 2 heterocycles. The van der Waals surface area contributed by atoms with E-state index in [0.717, 1.165) is 11.4 Å². The quantitative estimate of drug-likeness (QED) is 0.788. The average Bonchev–Trinajstić information content (AvgIpc) is 3.05. The lowest BCUT2D eigenvalue weighted by molar-refractivity contribution is 0.497. The van der Waals surface area contributed by atoms with Gasteiger partial charge in [-0.05, 0) is 40.9 Å². The first-order valence-electron chi connectivity index (χ1n) is 6.42. The van der Waals surface area contributed by atoms with Crippen LogP contribution in [0.25, 0.3) is 15.8 Å². The van der Waals surface area contributed by atoms with Crippen LogP contribution < -0.4 is 5.73 Å². The van der Waals surface area contributed by atoms with Crippen molar-refractivity contribution in [2.75, 3.05) is 0 Å². The molecular formula is C15H17N3S. The van der Waals surface area contributed by atoms with Crippen molar-refractivity contribution in [3.63, 3.8) is 0 Å². The molecule has 98 valence electrons. The lowest BCUT2D eigenvalue weighted by Gasteiger charge is -2.18. The highest BCUT2D eigenvalue weighted by atomic mass is 32.1. The largest absolute Gasteiger partial charge is 0.322 e. The van der Waals surface area contributed by atoms with Crippen LogP contribution in [0.5, 0.6) is 0 Å². The summed E-state index contributed by atoms with van der Waals surface area (Å²) in [4.78, 5) is 4.26. The van der Waals surface area contributed by atoms with Gasteiger partial charge in [0.25, 0.3) is 0 Å². The van der Waals surface area contributed by atoms with E-state index < -0.39 is 0 Å². The molecule has 2 aromatic heterocycles. The van der Waals surface area contributed by atoms with Gasteiger partial charge in [0.05, 0.1) is 18.2 Å². The summed E-state index contributed by atoms with van der Waals surface area (Å²) in [7, 11) is 0. The van der Waals surface area contributed by atoms with Crippen molar-refractivity contribution in [1.82, 2.24) is 9.55 Å². The Morgan fingerprint density at radius 3 is 2.89 bits per heavy atom. The molecule has 0 bridgehead atoms. The number of nitrogens with two attached hydrogens (primary N) is 1. The molecule has 0 amide bonds. The Kier molecular flexibility index (Phi) is 3.12. The second-order valence-corrected chi connectivity index (χ2v) is 6.05. The molecule has 1 unspecified atom stereocenters. The van der Waals surface area contributed by atoms with Gasteiger partial charge in [0.1, 0.15) is 0 Å². The van der Waals surface area contributed by atoms with Crippen molar-refractivity contribution in [3.05, 3.63) is 47.9 Å². The molecule has 0 aliphatic rings. The smallest absolute Gasteiger partial charge is 0.0994 e. The molecule has 1 atom stereocenters. The van der Waals surface area contributed by atoms with Crippen molar-refractivity contribution >= 4 is 21.4 Å². The molecule has 3 rings (SSSR count). The van der Waals surface area contributed by atoms with E-state index in [2.05, 4.69) is 53.0 Å². The molecule has 0 radical (unpaired) electrons. The molecule has 0 saturated heterocycles. The van der Waals surface area contributed by atoms with E-state index in [1.165, 1.54) is 10.1 Å². The van der Waals surface area contributed by atoms with Gasteiger partial charge in [0.15, 0.2) is 0 Å². The third-order valence-corrected chi connectivity index (χ3v) is 4.34. The summed E-state index contributed by atoms with van der Waals surface area (Å²) < 4.78 is 3.39. The van der Waals surface area contributed by atoms with Gasteiger partial charge in [-0.3, -0.25) is 0 Å². The molecule has 0 spiro atoms. The summed E-state index contributed by atoms with van der Waals surface area (Å²) in [5.41, 5.74) is 8.43. The number of nitrogens with zero attached hydrogens (tertiary/aromatic N) is 2. The topological polar surface area (TPSA) is 43.8 Å². The highest BCUT2D eigenvalue weighted by Gasteiger charge is 2.16. The Morgan fingerprint density at radius 1 is 1.26 bits per heavy atom. The van der Waals surface area contributed by atoms with E-state index in [-0.39, 0.29) is 6.04 Å². The first kappa shape index (κ1) is 12.4. The lowest BCUT2D eigenvalue weighted by atomic mass is 10.0. The van der Waals surface area contributed by atoms with E-state index >= 15 is 0 Å². The zero-order chi connectivity index (χ0) is 13.4. The highest BCUT2D eigenvalue weighted by molar-refractivity contribution is 7.17. The zero-order valence-corrected chi connectivity index (χ0v) is 11.9. The summed E-state index contributed by atoms with van der Waals surface area (Å²) in [5, 5.41) is 3.38. The molecule has 0 aliphatic heterocycles. The number of imidazole rings is 1. The Hall–Kier alpha value is -1.65. The number of thiophene rings is 1. The van der Waals surface area contributed by atoms with E-state index in [1.807, 2.05) is 12.5 Å². The minimum atomic E-state index is 0.000622. The third kappa shape index (κ3) is 2.17. The van der Waals surface area contributed by atoms with Crippen LogP contribution in [0, 0.1) is 5.92 Å². The first-order valence-corrected chi connectivity index (χ1v) is 7.30. The Bertz CT molecular complexity index is 696. The fourth-order valence-electron chi connectivity index (χ4n) is 2.21. The summed E-state index contributed by atoms with van der Waals surface area (Å²) in [6, 6.07) is 8.60. The van der Waals surface area contributed by atoms with Crippen LogP contribution in [0.3, 0.4) is 0 Å². The number of aromatic nitrogens is 2. The molecule has 3 nitrogen and oxygen atoms in total. The van der Waals surface area contributed by atoms with Crippen molar-refractivity contribution in [2.24, 2.45) is 11.7 Å². The summed E-state index contributed by atoms with van der Waals surface area (Å²) in [5.74, 6) is 0.389. The molecule has 3 aromatic rings. The standard InChI is InChI=1S/C15H17N3S/c1-10(2)15(16)13-8-17-9-18(13)12-3-4-14-11(7-12)5-6-19-14/h3-10,15H,16H2,1-2H3. The number of benzene rings is 1. The Morgan fingerprint density at radius 2 is 2.11 bits per heavy atom. The zero-order valence-electron chi connectivity index (χ0n) is 11.1. The van der Waals surface area contributed by atoms with Gasteiger partial charge in [-0.15, -0.1) is 11.3 Å². The minimum absolute atomic E-state index is 0.000622. The van der Waals surface area contributed by atoms with Crippen LogP contribution in [0.4, 0.5) is 0 Å². The van der Waals surface area contributed by atoms with Crippen LogP contribution in [0.1, 0.15) is 25.6 Å². The van der Waals surface area contributed by atoms with Crippen LogP contribution in [-0.2, 0) is 0 Å². The predicted molar refractivity (Wildman–Crippen MR) is 80.7 cm³/mol. The van der Waals surface area contributed by atoms with Crippen LogP contribution in [0.15, 0.2) is 42.2 Å². The monoisotopic (exact) mass is 271 g/mol. The van der Waals surface area contributed by atoms with Gasteiger partial charge in [-0.1, -0.05) is 13.8 Å². The van der Waals surface area contributed by atoms with Gasteiger partial charge < -0.3 is 10.3 Å². The van der Waals surface area contributed by atoms with Gasteiger partial charge in [0, 0.05) is 16.4 Å². The summed E-state index contributed by atoms with van der Waals surface area (Å²) in [6.07, 6.45) is 3.70. The molecule has 4 heteroatoms. The van der Waals surface area contributed by atoms with E-state index in [4.69, 9.17) is 5.73 Å². The fraction of sp³-hybridized carbons (Fsp3) is 0.267. The minimum Gasteiger partial charge on any atom is -0.322 e. The molecule has 0 aliphatic carbocycles. The average molecular weight is 271 g/mol. The number of hydrogen-bond acceptors (Lipinski definition) is 3. The second kappa shape index (κ2) is 4.79. The lowest BCUT2D eigenvalue weighted by Crippen LogP contribution is -2.19. The van der Waals surface area contributed by atoms with Crippen LogP contribution in [-0.4, -0.2) is 9.55 Å². The third-order valence-electron chi connectivity index (χ3n) is 3.44. The maximum Gasteiger partial charge on any atom is 0.0994 e. The summed E-state index contributed by atoms with van der Waals surface area (Å²) in [6.45, 7) is 4.26. The van der Waals surface area contributed by atoms with Gasteiger partial charge >= 0.3 is 0 Å². The number of hydrogen-bond donors (Lipinski definition) is 1. The van der Waals surface area contributed by atoms with Crippen molar-refractivity contribution in [1.29, 1.82) is 0 Å². The van der Waals surface area contributed by atoms with Crippen molar-refractivity contribution < 1.29 is 0 Å². The van der Waals surface area contributed by atoms with E-state index in [0.29, 0.717) is 5.92 Å². The molecule has 1 aromatic carbocycles. The molecule has 2 N–H and O–H groups in total. The predicted octanol–water partition coefficient (Wildman–Crippen LogP) is 3.74. The maximum absolute atomic E-state index is 6.25. The Labute approximate surface area is 116 Å². The van der Waals surface area contributed by atoms with Gasteiger partial charge in [0.2, 0.25) is 0 Å². The maximum atomic E-state index is 6.25. The fourth-order valence-corrected chi connectivity index (χ4v) is 2.98. The van der Waals surface area contributed by atoms with Gasteiger partial charge in [-0.2, -0.15) is 0 Å². The van der Waals surface area contributed by atoms with Crippen LogP contribution in [0.2, 0.25) is 0 Å². The highest BCUT2D eigenvalue weighted by Crippen LogP contribution is 2.26.